The van der Waals surface area contributed by atoms with Crippen molar-refractivity contribution in [2.24, 2.45) is 0 Å². The summed E-state index contributed by atoms with van der Waals surface area (Å²) in [7, 11) is 5.98. The fourth-order valence-corrected chi connectivity index (χ4v) is 9.48. The summed E-state index contributed by atoms with van der Waals surface area (Å²) in [5, 5.41) is 9.74. The number of allylic oxidation sites excluding steroid dienone is 14. The van der Waals surface area contributed by atoms with Crippen LogP contribution in [0.1, 0.15) is 296 Å². The minimum Gasteiger partial charge on any atom is -0.477 e. The Hall–Kier alpha value is -3.53. The van der Waals surface area contributed by atoms with E-state index in [4.69, 9.17) is 18.9 Å². The highest BCUT2D eigenvalue weighted by atomic mass is 16.7. The highest BCUT2D eigenvalue weighted by Gasteiger charge is 2.25. The Labute approximate surface area is 500 Å². The fraction of sp³-hybridized carbons (Fsp3) is 0.764. The van der Waals surface area contributed by atoms with Crippen molar-refractivity contribution in [1.82, 2.24) is 0 Å². The quantitative estimate of drug-likeness (QED) is 0.0211. The monoisotopic (exact) mass is 1130 g/mol. The van der Waals surface area contributed by atoms with Crippen molar-refractivity contribution in [1.29, 1.82) is 0 Å². The van der Waals surface area contributed by atoms with E-state index in [9.17, 15) is 19.5 Å². The molecular formula is C72H128NO8+. The Morgan fingerprint density at radius 3 is 1.05 bits per heavy atom. The van der Waals surface area contributed by atoms with Gasteiger partial charge in [0.1, 0.15) is 13.2 Å². The van der Waals surface area contributed by atoms with E-state index in [1.54, 1.807) is 0 Å². The van der Waals surface area contributed by atoms with Gasteiger partial charge in [-0.25, -0.2) is 4.79 Å². The van der Waals surface area contributed by atoms with Gasteiger partial charge in [0.05, 0.1) is 34.4 Å². The lowest BCUT2D eigenvalue weighted by atomic mass is 10.0. The van der Waals surface area contributed by atoms with E-state index in [0.717, 1.165) is 83.5 Å². The summed E-state index contributed by atoms with van der Waals surface area (Å²) in [6, 6.07) is 0. The number of ether oxygens (including phenoxy) is 4. The first-order valence-electron chi connectivity index (χ1n) is 33.8. The molecular weight excluding hydrogens is 1010 g/mol. The van der Waals surface area contributed by atoms with Gasteiger partial charge in [0, 0.05) is 12.8 Å². The van der Waals surface area contributed by atoms with Crippen LogP contribution in [0.15, 0.2) is 85.1 Å². The van der Waals surface area contributed by atoms with E-state index in [2.05, 4.69) is 98.9 Å². The van der Waals surface area contributed by atoms with Gasteiger partial charge in [-0.15, -0.1) is 0 Å². The van der Waals surface area contributed by atoms with Gasteiger partial charge in [0.25, 0.3) is 6.29 Å². The van der Waals surface area contributed by atoms with Crippen LogP contribution in [0.25, 0.3) is 0 Å². The average Bonchev–Trinajstić information content (AvgIpc) is 3.44. The Morgan fingerprint density at radius 2 is 0.704 bits per heavy atom. The van der Waals surface area contributed by atoms with Gasteiger partial charge in [-0.1, -0.05) is 279 Å². The third-order valence-corrected chi connectivity index (χ3v) is 14.6. The van der Waals surface area contributed by atoms with E-state index in [1.165, 1.54) is 186 Å². The lowest BCUT2D eigenvalue weighted by Gasteiger charge is -2.25. The summed E-state index contributed by atoms with van der Waals surface area (Å²) in [5.41, 5.74) is 0. The number of quaternary nitrogens is 1. The number of unbranched alkanes of at least 4 members (excludes halogenated alkanes) is 33. The molecule has 0 bridgehead atoms. The number of carboxylic acid groups (broad SMARTS) is 1. The number of rotatable bonds is 62. The van der Waals surface area contributed by atoms with Gasteiger partial charge in [-0.05, 0) is 89.9 Å². The first kappa shape index (κ1) is 77.5. The molecule has 468 valence electrons. The lowest BCUT2D eigenvalue weighted by Crippen LogP contribution is -2.40. The van der Waals surface area contributed by atoms with Crippen molar-refractivity contribution in [2.75, 3.05) is 47.5 Å². The normalized spacial score (nSPS) is 13.2. The molecule has 0 saturated carbocycles. The topological polar surface area (TPSA) is 108 Å². The zero-order valence-corrected chi connectivity index (χ0v) is 53.4. The van der Waals surface area contributed by atoms with Gasteiger partial charge < -0.3 is 28.5 Å². The van der Waals surface area contributed by atoms with Crippen LogP contribution in [0.2, 0.25) is 0 Å². The van der Waals surface area contributed by atoms with Crippen molar-refractivity contribution >= 4 is 17.9 Å². The first-order valence-corrected chi connectivity index (χ1v) is 33.8. The Morgan fingerprint density at radius 1 is 0.383 bits per heavy atom. The van der Waals surface area contributed by atoms with Gasteiger partial charge in [-0.3, -0.25) is 9.59 Å². The zero-order valence-electron chi connectivity index (χ0n) is 53.4. The number of hydrogen-bond acceptors (Lipinski definition) is 7. The number of carboxylic acids is 1. The molecule has 0 aromatic heterocycles. The van der Waals surface area contributed by atoms with E-state index < -0.39 is 24.3 Å². The van der Waals surface area contributed by atoms with Crippen LogP contribution in [-0.4, -0.2) is 87.4 Å². The van der Waals surface area contributed by atoms with Gasteiger partial charge in [0.2, 0.25) is 0 Å². The summed E-state index contributed by atoms with van der Waals surface area (Å²) in [4.78, 5) is 37.6. The Bertz CT molecular complexity index is 1600. The molecule has 0 saturated heterocycles. The van der Waals surface area contributed by atoms with Crippen LogP contribution in [0.3, 0.4) is 0 Å². The van der Waals surface area contributed by atoms with Crippen LogP contribution in [0.5, 0.6) is 0 Å². The van der Waals surface area contributed by atoms with Crippen LogP contribution in [0, 0.1) is 0 Å². The predicted octanol–water partition coefficient (Wildman–Crippen LogP) is 20.7. The fourth-order valence-electron chi connectivity index (χ4n) is 9.48. The molecule has 0 radical (unpaired) electrons. The molecule has 0 aromatic rings. The SMILES string of the molecule is CC/C=C\C/C=C\C/C=C\C/C=C\CCCCCCCCCCCCCCC(=O)OC(COC(=O)CCCCCCCCCCCCCCCCCC/C=C\C/C=C\C/C=C\CCCCCCC)COC(OCC[N+](C)(C)C)C(=O)O. The minimum atomic E-state index is -1.51. The molecule has 9 heteroatoms. The van der Waals surface area contributed by atoms with Gasteiger partial charge >= 0.3 is 17.9 Å². The average molecular weight is 1140 g/mol. The van der Waals surface area contributed by atoms with Crippen molar-refractivity contribution < 1.29 is 42.9 Å². The molecule has 0 aliphatic rings. The molecule has 0 aliphatic carbocycles. The summed E-state index contributed by atoms with van der Waals surface area (Å²) >= 11 is 0. The van der Waals surface area contributed by atoms with Crippen LogP contribution in [0.4, 0.5) is 0 Å². The molecule has 0 fully saturated rings. The summed E-state index contributed by atoms with van der Waals surface area (Å²) in [6.07, 6.45) is 81.1. The molecule has 0 rings (SSSR count). The second kappa shape index (κ2) is 62.5. The molecule has 0 heterocycles. The molecule has 2 unspecified atom stereocenters. The highest BCUT2D eigenvalue weighted by Crippen LogP contribution is 2.17. The lowest BCUT2D eigenvalue weighted by molar-refractivity contribution is -0.870. The summed E-state index contributed by atoms with van der Waals surface area (Å²) in [6.45, 7) is 4.78. The second-order valence-electron chi connectivity index (χ2n) is 23.7. The third-order valence-electron chi connectivity index (χ3n) is 14.6. The number of likely N-dealkylation sites (N-methyl/N-ethyl adjacent to an activating group) is 1. The number of nitrogens with zero attached hydrogens (tertiary/aromatic N) is 1. The molecule has 0 aromatic carbocycles. The molecule has 81 heavy (non-hydrogen) atoms. The summed E-state index contributed by atoms with van der Waals surface area (Å²) in [5.74, 6) is -2.00. The smallest absolute Gasteiger partial charge is 0.361 e. The summed E-state index contributed by atoms with van der Waals surface area (Å²) < 4.78 is 23.0. The third kappa shape index (κ3) is 63.9. The number of carbonyl (C=O) groups excluding carboxylic acids is 2. The van der Waals surface area contributed by atoms with Gasteiger partial charge in [0.15, 0.2) is 6.10 Å². The van der Waals surface area contributed by atoms with Crippen molar-refractivity contribution in [3.8, 4) is 0 Å². The Balaban J connectivity index is 4.12. The number of aliphatic carboxylic acids is 1. The second-order valence-corrected chi connectivity index (χ2v) is 23.7. The molecule has 1 N–H and O–H groups in total. The maximum absolute atomic E-state index is 12.9. The molecule has 2 atom stereocenters. The molecule has 0 spiro atoms. The highest BCUT2D eigenvalue weighted by molar-refractivity contribution is 5.71. The number of carbonyl (C=O) groups is 3. The molecule has 9 nitrogen and oxygen atoms in total. The van der Waals surface area contributed by atoms with Crippen LogP contribution in [-0.2, 0) is 33.3 Å². The maximum Gasteiger partial charge on any atom is 0.361 e. The predicted molar refractivity (Wildman–Crippen MR) is 346 cm³/mol. The zero-order chi connectivity index (χ0) is 59.1. The first-order chi connectivity index (χ1) is 39.6. The van der Waals surface area contributed by atoms with E-state index in [0.29, 0.717) is 17.4 Å². The van der Waals surface area contributed by atoms with Crippen LogP contribution < -0.4 is 0 Å². The van der Waals surface area contributed by atoms with Gasteiger partial charge in [-0.2, -0.15) is 0 Å². The van der Waals surface area contributed by atoms with E-state index in [1.807, 2.05) is 21.1 Å². The Kier molecular flexibility index (Phi) is 59.8. The van der Waals surface area contributed by atoms with Crippen molar-refractivity contribution in [2.45, 2.75) is 309 Å². The van der Waals surface area contributed by atoms with Crippen LogP contribution >= 0.6 is 0 Å². The van der Waals surface area contributed by atoms with Crippen molar-refractivity contribution in [3.63, 3.8) is 0 Å². The minimum absolute atomic E-state index is 0.184. The molecule has 0 amide bonds. The van der Waals surface area contributed by atoms with E-state index in [-0.39, 0.29) is 32.2 Å². The maximum atomic E-state index is 12.9. The standard InChI is InChI=1S/C72H127NO8/c1-6-8-10-12-14-16-18-20-22-24-26-28-30-32-33-34-35-36-37-39-40-42-44-46-48-50-52-54-56-58-60-62-69(74)79-66-68(67-80-72(71(76)77)78-65-64-73(3,4)5)81-70(75)63-61-59-57-55-53-51-49-47-45-43-41-38-31-29-27-25-23-21-19-17-15-13-11-9-7-2/h9,11,15,17-18,20-21,23-24,26-27,29-30,32,68,72H,6-8,10,12-14,16,19,22,25,28,31,33-67H2,1-5H3/p+1/b11-9-,17-15-,20-18-,23-21-,26-24-,29-27-,32-30-. The van der Waals surface area contributed by atoms with E-state index >= 15 is 0 Å². The number of esters is 2. The largest absolute Gasteiger partial charge is 0.477 e. The molecule has 0 aliphatic heterocycles. The van der Waals surface area contributed by atoms with Crippen molar-refractivity contribution in [3.05, 3.63) is 85.1 Å². The number of hydrogen-bond donors (Lipinski definition) is 1.